The van der Waals surface area contributed by atoms with Gasteiger partial charge in [-0.3, -0.25) is 0 Å². The van der Waals surface area contributed by atoms with Crippen LogP contribution in [-0.4, -0.2) is 20.7 Å². The van der Waals surface area contributed by atoms with Crippen LogP contribution < -0.4 is 10.0 Å². The summed E-state index contributed by atoms with van der Waals surface area (Å²) < 4.78 is 40.7. The third-order valence-electron chi connectivity index (χ3n) is 5.58. The molecule has 2 aliphatic rings. The molecule has 6 heteroatoms. The predicted molar refractivity (Wildman–Crippen MR) is 109 cm³/mol. The summed E-state index contributed by atoms with van der Waals surface area (Å²) in [5.41, 5.74) is 4.41. The van der Waals surface area contributed by atoms with E-state index in [0.717, 1.165) is 43.4 Å². The summed E-state index contributed by atoms with van der Waals surface area (Å²) in [5, 5.41) is 3.58. The molecule has 0 saturated heterocycles. The Morgan fingerprint density at radius 2 is 1.96 bits per heavy atom. The van der Waals surface area contributed by atoms with Gasteiger partial charge in [0.25, 0.3) is 0 Å². The summed E-state index contributed by atoms with van der Waals surface area (Å²) in [4.78, 5) is 0. The molecule has 0 bridgehead atoms. The number of nitrogens with one attached hydrogen (secondary N) is 2. The Hall–Kier alpha value is -1.76. The van der Waals surface area contributed by atoms with Crippen LogP contribution in [0.4, 0.5) is 4.39 Å². The second-order valence-electron chi connectivity index (χ2n) is 8.02. The molecule has 0 amide bonds. The Kier molecular flexibility index (Phi) is 5.80. The summed E-state index contributed by atoms with van der Waals surface area (Å²) in [6.45, 7) is 1.23. The molecule has 2 N–H and O–H groups in total. The highest BCUT2D eigenvalue weighted by Crippen LogP contribution is 2.30. The van der Waals surface area contributed by atoms with Gasteiger partial charge in [-0.15, -0.1) is 0 Å². The van der Waals surface area contributed by atoms with Crippen molar-refractivity contribution >= 4 is 10.0 Å². The normalized spacial score (nSPS) is 19.8. The number of benzene rings is 2. The van der Waals surface area contributed by atoms with Crippen LogP contribution in [0.25, 0.3) is 0 Å². The minimum Gasteiger partial charge on any atom is -0.310 e. The van der Waals surface area contributed by atoms with Gasteiger partial charge in [0, 0.05) is 12.6 Å². The maximum Gasteiger partial charge on any atom is 0.212 e. The predicted octanol–water partition coefficient (Wildman–Crippen LogP) is 3.47. The molecule has 1 atom stereocenters. The summed E-state index contributed by atoms with van der Waals surface area (Å²) >= 11 is 0. The Labute approximate surface area is 166 Å². The smallest absolute Gasteiger partial charge is 0.212 e. The second kappa shape index (κ2) is 8.31. The first kappa shape index (κ1) is 19.6. The molecular formula is C22H27FN2O2S. The average Bonchev–Trinajstić information content (AvgIpc) is 3.48. The molecule has 1 saturated carbocycles. The fourth-order valence-corrected chi connectivity index (χ4v) is 5.36. The van der Waals surface area contributed by atoms with Crippen LogP contribution in [0.15, 0.2) is 42.5 Å². The fraction of sp³-hybridized carbons (Fsp3) is 0.455. The van der Waals surface area contributed by atoms with E-state index in [1.165, 1.54) is 17.2 Å². The van der Waals surface area contributed by atoms with Gasteiger partial charge in [0.1, 0.15) is 5.82 Å². The first-order valence-electron chi connectivity index (χ1n) is 10.1. The third kappa shape index (κ3) is 5.19. The van der Waals surface area contributed by atoms with Gasteiger partial charge >= 0.3 is 0 Å². The van der Waals surface area contributed by atoms with E-state index in [1.54, 1.807) is 12.1 Å². The van der Waals surface area contributed by atoms with Crippen molar-refractivity contribution in [2.45, 2.75) is 44.7 Å². The van der Waals surface area contributed by atoms with Crippen molar-refractivity contribution in [3.63, 3.8) is 0 Å². The number of halogens is 1. The van der Waals surface area contributed by atoms with Gasteiger partial charge in [-0.2, -0.15) is 0 Å². The van der Waals surface area contributed by atoms with E-state index in [-0.39, 0.29) is 17.6 Å². The fourth-order valence-electron chi connectivity index (χ4n) is 3.90. The van der Waals surface area contributed by atoms with Gasteiger partial charge in [0.05, 0.1) is 5.75 Å². The largest absolute Gasteiger partial charge is 0.310 e. The number of hydrogen-bond acceptors (Lipinski definition) is 3. The molecule has 1 unspecified atom stereocenters. The van der Waals surface area contributed by atoms with E-state index in [9.17, 15) is 12.8 Å². The average molecular weight is 403 g/mol. The van der Waals surface area contributed by atoms with Crippen LogP contribution in [0.1, 0.15) is 47.6 Å². The summed E-state index contributed by atoms with van der Waals surface area (Å²) in [6, 6.07) is 13.1. The van der Waals surface area contributed by atoms with Crippen LogP contribution in [0.3, 0.4) is 0 Å². The van der Waals surface area contributed by atoms with E-state index < -0.39 is 10.0 Å². The minimum atomic E-state index is -3.22. The lowest BCUT2D eigenvalue weighted by atomic mass is 9.92. The van der Waals surface area contributed by atoms with E-state index in [4.69, 9.17) is 0 Å². The molecule has 0 aromatic heterocycles. The van der Waals surface area contributed by atoms with Crippen LogP contribution in [0, 0.1) is 11.7 Å². The van der Waals surface area contributed by atoms with E-state index in [1.807, 2.05) is 12.1 Å². The van der Waals surface area contributed by atoms with Crippen LogP contribution in [-0.2, 0) is 29.4 Å². The topological polar surface area (TPSA) is 58.2 Å². The van der Waals surface area contributed by atoms with Crippen LogP contribution in [0.2, 0.25) is 0 Å². The van der Waals surface area contributed by atoms with Crippen molar-refractivity contribution in [2.75, 3.05) is 12.3 Å². The van der Waals surface area contributed by atoms with E-state index in [0.29, 0.717) is 18.9 Å². The maximum absolute atomic E-state index is 13.6. The lowest BCUT2D eigenvalue weighted by molar-refractivity contribution is 0.537. The molecule has 28 heavy (non-hydrogen) atoms. The Bertz CT molecular complexity index is 941. The highest BCUT2D eigenvalue weighted by Gasteiger charge is 2.27. The first-order chi connectivity index (χ1) is 13.5. The number of sulfonamides is 1. The Morgan fingerprint density at radius 1 is 1.11 bits per heavy atom. The molecule has 4 rings (SSSR count). The Balaban J connectivity index is 1.51. The van der Waals surface area contributed by atoms with Gasteiger partial charge in [-0.05, 0) is 79.0 Å². The molecule has 1 fully saturated rings. The molecule has 2 aromatic carbocycles. The van der Waals surface area contributed by atoms with Gasteiger partial charge in [-0.25, -0.2) is 17.5 Å². The van der Waals surface area contributed by atoms with E-state index >= 15 is 0 Å². The van der Waals surface area contributed by atoms with Gasteiger partial charge < -0.3 is 5.32 Å². The number of aryl methyl sites for hydroxylation is 1. The van der Waals surface area contributed by atoms with Crippen LogP contribution >= 0.6 is 0 Å². The summed E-state index contributed by atoms with van der Waals surface area (Å²) in [5.74, 6) is 0.358. The molecule has 4 nitrogen and oxygen atoms in total. The number of fused-ring (bicyclic) bond motifs is 1. The number of hydrogen-bond donors (Lipinski definition) is 2. The van der Waals surface area contributed by atoms with Crippen LogP contribution in [0.5, 0.6) is 0 Å². The third-order valence-corrected chi connectivity index (χ3v) is 7.07. The quantitative estimate of drug-likeness (QED) is 0.746. The molecule has 0 radical (unpaired) electrons. The van der Waals surface area contributed by atoms with Crippen molar-refractivity contribution < 1.29 is 12.8 Å². The van der Waals surface area contributed by atoms with Crippen molar-refractivity contribution in [2.24, 2.45) is 5.92 Å². The van der Waals surface area contributed by atoms with Gasteiger partial charge in [0.2, 0.25) is 10.0 Å². The minimum absolute atomic E-state index is 0.0994. The Morgan fingerprint density at radius 3 is 2.75 bits per heavy atom. The highest BCUT2D eigenvalue weighted by molar-refractivity contribution is 7.89. The molecule has 2 aromatic rings. The van der Waals surface area contributed by atoms with Crippen molar-refractivity contribution in [1.29, 1.82) is 0 Å². The molecule has 150 valence electrons. The monoisotopic (exact) mass is 402 g/mol. The first-order valence-corrected chi connectivity index (χ1v) is 11.7. The zero-order valence-corrected chi connectivity index (χ0v) is 16.8. The molecule has 1 aliphatic heterocycles. The lowest BCUT2D eigenvalue weighted by Crippen LogP contribution is -2.27. The maximum atomic E-state index is 13.6. The van der Waals surface area contributed by atoms with Gasteiger partial charge in [-0.1, -0.05) is 30.3 Å². The summed E-state index contributed by atoms with van der Waals surface area (Å²) in [7, 11) is -3.22. The zero-order valence-electron chi connectivity index (χ0n) is 16.0. The molecule has 1 heterocycles. The van der Waals surface area contributed by atoms with Crippen molar-refractivity contribution in [3.8, 4) is 0 Å². The molecule has 1 aliphatic carbocycles. The van der Waals surface area contributed by atoms with Crippen molar-refractivity contribution in [3.05, 3.63) is 70.5 Å². The SMILES string of the molecule is O=S(=O)(CC1CC1)NCc1ccc2c(c1)C(Cc1cccc(F)c1)NCCC2. The second-order valence-corrected chi connectivity index (χ2v) is 9.87. The van der Waals surface area contributed by atoms with Crippen molar-refractivity contribution in [1.82, 2.24) is 10.0 Å². The van der Waals surface area contributed by atoms with Gasteiger partial charge in [0.15, 0.2) is 0 Å². The standard InChI is InChI=1S/C22H27FN2O2S/c23-20-5-1-3-17(11-20)13-22-21-12-18(8-9-19(21)4-2-10-24-22)14-25-28(26,27)15-16-6-7-16/h1,3,5,8-9,11-12,16,22,24-25H,2,4,6-7,10,13-15H2. The zero-order chi connectivity index (χ0) is 19.6. The summed E-state index contributed by atoms with van der Waals surface area (Å²) in [6.07, 6.45) is 4.80. The lowest BCUT2D eigenvalue weighted by Gasteiger charge is -2.20. The molecular weight excluding hydrogens is 375 g/mol. The van der Waals surface area contributed by atoms with E-state index in [2.05, 4.69) is 22.2 Å². The number of rotatable bonds is 7. The molecule has 0 spiro atoms. The highest BCUT2D eigenvalue weighted by atomic mass is 32.2.